The van der Waals surface area contributed by atoms with Crippen molar-refractivity contribution in [2.24, 2.45) is 0 Å². The van der Waals surface area contributed by atoms with E-state index in [1.807, 2.05) is 24.5 Å². The number of benzene rings is 4. The van der Waals surface area contributed by atoms with Gasteiger partial charge in [-0.1, -0.05) is 121 Å². The normalized spacial score (nSPS) is 11.5. The first-order valence-electron chi connectivity index (χ1n) is 13.6. The van der Waals surface area contributed by atoms with Crippen LogP contribution in [0.15, 0.2) is 139 Å². The number of hydrogen-bond acceptors (Lipinski definition) is 4. The summed E-state index contributed by atoms with van der Waals surface area (Å²) in [5, 5.41) is 9.27. The maximum absolute atomic E-state index is 4.89. The van der Waals surface area contributed by atoms with Gasteiger partial charge in [0.2, 0.25) is 0 Å². The Morgan fingerprint density at radius 2 is 1.18 bits per heavy atom. The number of aromatic nitrogens is 5. The van der Waals surface area contributed by atoms with Crippen molar-refractivity contribution < 1.29 is 0 Å². The molecule has 6 heteroatoms. The van der Waals surface area contributed by atoms with E-state index in [4.69, 9.17) is 4.98 Å². The van der Waals surface area contributed by atoms with E-state index < -0.39 is 5.54 Å². The van der Waals surface area contributed by atoms with Crippen molar-refractivity contribution in [3.05, 3.63) is 168 Å². The Morgan fingerprint density at radius 1 is 0.650 bits per heavy atom. The Labute approximate surface area is 240 Å². The van der Waals surface area contributed by atoms with Gasteiger partial charge < -0.3 is 9.13 Å². The molecule has 0 spiro atoms. The van der Waals surface area contributed by atoms with Crippen LogP contribution in [0.4, 0.5) is 0 Å². The molecule has 0 bridgehead atoms. The Kier molecular flexibility index (Phi) is 7.60. The molecular weight excluding hydrogens is 510 g/mol. The highest BCUT2D eigenvalue weighted by Gasteiger charge is 2.38. The van der Waals surface area contributed by atoms with Gasteiger partial charge in [-0.25, -0.2) is 4.98 Å². The number of rotatable bonds is 10. The lowest BCUT2D eigenvalue weighted by atomic mass is 9.77. The van der Waals surface area contributed by atoms with Crippen LogP contribution in [-0.2, 0) is 24.9 Å². The lowest BCUT2D eigenvalue weighted by Gasteiger charge is -2.37. The second kappa shape index (κ2) is 11.8. The van der Waals surface area contributed by atoms with E-state index in [-0.39, 0.29) is 0 Å². The summed E-state index contributed by atoms with van der Waals surface area (Å²) in [7, 11) is 0. The van der Waals surface area contributed by atoms with Crippen LogP contribution in [0.3, 0.4) is 0 Å². The summed E-state index contributed by atoms with van der Waals surface area (Å²) in [4.78, 5) is 4.89. The fourth-order valence-electron chi connectivity index (χ4n) is 5.54. The molecule has 0 unspecified atom stereocenters. The topological polar surface area (TPSA) is 48.5 Å². The molecule has 6 aromatic rings. The smallest absolute Gasteiger partial charge is 0.188 e. The van der Waals surface area contributed by atoms with Gasteiger partial charge in [-0.2, -0.15) is 0 Å². The van der Waals surface area contributed by atoms with Crippen molar-refractivity contribution in [2.45, 2.75) is 36.5 Å². The minimum absolute atomic E-state index is 0.551. The van der Waals surface area contributed by atoms with Gasteiger partial charge >= 0.3 is 0 Å². The van der Waals surface area contributed by atoms with Crippen molar-refractivity contribution in [2.75, 3.05) is 0 Å². The first-order chi connectivity index (χ1) is 19.7. The lowest BCUT2D eigenvalue weighted by Crippen LogP contribution is -2.36. The number of nitrogens with zero attached hydrogens (tertiary/aromatic N) is 5. The highest BCUT2D eigenvalue weighted by Crippen LogP contribution is 2.40. The van der Waals surface area contributed by atoms with Crippen LogP contribution in [0.2, 0.25) is 0 Å². The molecule has 2 heterocycles. The van der Waals surface area contributed by atoms with Crippen LogP contribution in [-0.4, -0.2) is 24.3 Å². The summed E-state index contributed by atoms with van der Waals surface area (Å²) in [6.45, 7) is 0.780. The number of aryl methyl sites for hydroxylation is 1. The van der Waals surface area contributed by atoms with Crippen LogP contribution in [0.5, 0.6) is 0 Å². The van der Waals surface area contributed by atoms with Gasteiger partial charge in [0.25, 0.3) is 0 Å². The third-order valence-electron chi connectivity index (χ3n) is 7.43. The van der Waals surface area contributed by atoms with Crippen LogP contribution in [0.1, 0.15) is 40.2 Å². The second-order valence-electron chi connectivity index (χ2n) is 9.91. The van der Waals surface area contributed by atoms with Gasteiger partial charge in [-0.15, -0.1) is 22.8 Å². The standard InChI is InChI=1S/C34H31N5S/c40-33-37-36-32(24-27-14-5-1-6-15-27)39(33)23-13-22-31-25-38(26-35-31)34(28-16-7-2-8-17-28,29-18-9-3-10-19-29)30-20-11-4-12-21-30/h1-12,14-21,25-26H,13,22-24H2,(H,37,40). The molecule has 0 aliphatic rings. The van der Waals surface area contributed by atoms with Crippen molar-refractivity contribution in [3.8, 4) is 0 Å². The molecule has 6 rings (SSSR count). The van der Waals surface area contributed by atoms with Crippen molar-refractivity contribution in [3.63, 3.8) is 0 Å². The zero-order valence-electron chi connectivity index (χ0n) is 22.2. The van der Waals surface area contributed by atoms with Gasteiger partial charge in [0, 0.05) is 19.2 Å². The predicted octanol–water partition coefficient (Wildman–Crippen LogP) is 6.83. The van der Waals surface area contributed by atoms with E-state index in [0.29, 0.717) is 5.16 Å². The van der Waals surface area contributed by atoms with E-state index in [0.717, 1.165) is 37.3 Å². The first-order valence-corrected chi connectivity index (χ1v) is 14.0. The molecule has 198 valence electrons. The molecule has 0 radical (unpaired) electrons. The summed E-state index contributed by atoms with van der Waals surface area (Å²) in [6, 6.07) is 42.4. The summed E-state index contributed by atoms with van der Waals surface area (Å²) < 4.78 is 4.38. The average molecular weight is 542 g/mol. The molecule has 2 aromatic heterocycles. The van der Waals surface area contributed by atoms with Gasteiger partial charge in [0.05, 0.1) is 12.0 Å². The average Bonchev–Trinajstić information content (AvgIpc) is 3.63. The molecule has 0 N–H and O–H groups in total. The quantitative estimate of drug-likeness (QED) is 0.153. The zero-order valence-corrected chi connectivity index (χ0v) is 23.1. The third kappa shape index (κ3) is 5.10. The molecule has 0 amide bonds. The van der Waals surface area contributed by atoms with Crippen LogP contribution in [0.25, 0.3) is 0 Å². The van der Waals surface area contributed by atoms with Gasteiger partial charge in [0.1, 0.15) is 11.4 Å². The van der Waals surface area contributed by atoms with Crippen molar-refractivity contribution in [1.29, 1.82) is 0 Å². The summed E-state index contributed by atoms with van der Waals surface area (Å²) in [5.74, 6) is 0.929. The van der Waals surface area contributed by atoms with E-state index in [1.165, 1.54) is 22.3 Å². The monoisotopic (exact) mass is 541 g/mol. The molecule has 5 nitrogen and oxygen atoms in total. The number of hydrogen-bond donors (Lipinski definition) is 1. The van der Waals surface area contributed by atoms with Crippen molar-refractivity contribution in [1.82, 2.24) is 24.3 Å². The first kappa shape index (κ1) is 25.8. The summed E-state index contributed by atoms with van der Waals surface area (Å²) in [6.07, 6.45) is 6.64. The largest absolute Gasteiger partial charge is 0.319 e. The third-order valence-corrected chi connectivity index (χ3v) is 7.76. The van der Waals surface area contributed by atoms with Crippen molar-refractivity contribution >= 4 is 12.6 Å². The van der Waals surface area contributed by atoms with Crippen LogP contribution < -0.4 is 0 Å². The molecule has 0 atom stereocenters. The van der Waals surface area contributed by atoms with E-state index in [2.05, 4.69) is 141 Å². The number of imidazole rings is 1. The van der Waals surface area contributed by atoms with Gasteiger partial charge in [0.15, 0.2) is 5.16 Å². The molecular formula is C34H31N5S. The van der Waals surface area contributed by atoms with Crippen LogP contribution >= 0.6 is 12.6 Å². The van der Waals surface area contributed by atoms with Crippen LogP contribution in [0, 0.1) is 0 Å². The van der Waals surface area contributed by atoms with Gasteiger partial charge in [-0.05, 0) is 35.1 Å². The molecule has 0 aliphatic carbocycles. The fourth-order valence-corrected chi connectivity index (χ4v) is 5.80. The minimum atomic E-state index is -0.551. The number of thiol groups is 1. The predicted molar refractivity (Wildman–Crippen MR) is 162 cm³/mol. The SMILES string of the molecule is Sc1nnc(Cc2ccccc2)n1CCCc1cn(C(c2ccccc2)(c2ccccc2)c2ccccc2)cn1. The Bertz CT molecular complexity index is 1550. The summed E-state index contributed by atoms with van der Waals surface area (Å²) >= 11 is 4.58. The van der Waals surface area contributed by atoms with E-state index >= 15 is 0 Å². The lowest BCUT2D eigenvalue weighted by molar-refractivity contribution is 0.513. The molecule has 4 aromatic carbocycles. The minimum Gasteiger partial charge on any atom is -0.319 e. The highest BCUT2D eigenvalue weighted by molar-refractivity contribution is 7.80. The molecule has 0 saturated carbocycles. The fraction of sp³-hybridized carbons (Fsp3) is 0.147. The molecule has 40 heavy (non-hydrogen) atoms. The Balaban J connectivity index is 1.30. The zero-order chi connectivity index (χ0) is 27.2. The van der Waals surface area contributed by atoms with E-state index in [9.17, 15) is 0 Å². The molecule has 0 saturated heterocycles. The molecule has 0 fully saturated rings. The highest BCUT2D eigenvalue weighted by atomic mass is 32.1. The Morgan fingerprint density at radius 3 is 1.73 bits per heavy atom. The maximum Gasteiger partial charge on any atom is 0.188 e. The summed E-state index contributed by atoms with van der Waals surface area (Å²) in [5.41, 5.74) is 5.26. The Hall–Kier alpha value is -4.42. The molecule has 0 aliphatic heterocycles. The van der Waals surface area contributed by atoms with E-state index in [1.54, 1.807) is 0 Å². The van der Waals surface area contributed by atoms with Gasteiger partial charge in [-0.3, -0.25) is 0 Å². The second-order valence-corrected chi connectivity index (χ2v) is 10.3. The maximum atomic E-state index is 4.89.